The number of hydrogen-bond donors (Lipinski definition) is 0. The summed E-state index contributed by atoms with van der Waals surface area (Å²) in [5, 5.41) is 0. The Morgan fingerprint density at radius 2 is 0.709 bits per heavy atom. The Morgan fingerprint density at radius 1 is 0.418 bits per heavy atom. The molecule has 0 amide bonds. The quantitative estimate of drug-likeness (QED) is 0.0409. The maximum Gasteiger partial charge on any atom is 0.573 e. The highest BCUT2D eigenvalue weighted by atomic mass is 19.4. The number of rotatable bonds is 19. The zero-order chi connectivity index (χ0) is 40.1. The average Bonchev–Trinajstić information content (AvgIpc) is 3.14. The Kier molecular flexibility index (Phi) is 18.6. The van der Waals surface area contributed by atoms with Crippen molar-refractivity contribution in [3.63, 3.8) is 0 Å². The van der Waals surface area contributed by atoms with Crippen molar-refractivity contribution < 1.29 is 54.9 Å². The van der Waals surface area contributed by atoms with Gasteiger partial charge in [0.15, 0.2) is 0 Å². The van der Waals surface area contributed by atoms with Gasteiger partial charge in [-0.3, -0.25) is 0 Å². The van der Waals surface area contributed by atoms with Gasteiger partial charge in [-0.05, 0) is 110 Å². The van der Waals surface area contributed by atoms with E-state index in [0.717, 1.165) is 49.9 Å². The molecule has 298 valence electrons. The number of halogens is 6. The minimum absolute atomic E-state index is 0.143. The fourth-order valence-electron chi connectivity index (χ4n) is 5.41. The van der Waals surface area contributed by atoms with E-state index in [0.29, 0.717) is 11.5 Å². The van der Waals surface area contributed by atoms with Gasteiger partial charge in [0.1, 0.15) is 23.0 Å². The molecular formula is C43H48F6O6. The smallest absolute Gasteiger partial charge is 0.423 e. The molecule has 0 aliphatic carbocycles. The lowest BCUT2D eigenvalue weighted by atomic mass is 10.0. The van der Waals surface area contributed by atoms with Gasteiger partial charge in [0.05, 0.1) is 11.1 Å². The van der Waals surface area contributed by atoms with Crippen molar-refractivity contribution in [3.8, 4) is 23.0 Å². The number of ether oxygens (including phenoxy) is 4. The van der Waals surface area contributed by atoms with Crippen molar-refractivity contribution in [1.82, 2.24) is 0 Å². The molecule has 0 saturated carbocycles. The van der Waals surface area contributed by atoms with E-state index in [2.05, 4.69) is 23.3 Å². The third-order valence-corrected chi connectivity index (χ3v) is 8.30. The van der Waals surface area contributed by atoms with Crippen LogP contribution < -0.4 is 18.9 Å². The van der Waals surface area contributed by atoms with Gasteiger partial charge in [-0.15, -0.1) is 26.3 Å². The number of unbranched alkanes of at least 4 members (excludes halogenated alkanes) is 9. The third kappa shape index (κ3) is 18.7. The number of benzene rings is 4. The van der Waals surface area contributed by atoms with Crippen LogP contribution in [-0.4, -0.2) is 24.7 Å². The normalized spacial score (nSPS) is 11.3. The third-order valence-electron chi connectivity index (χ3n) is 8.30. The molecule has 12 heteroatoms. The molecule has 0 aliphatic heterocycles. The Hall–Kier alpha value is -5.00. The van der Waals surface area contributed by atoms with Gasteiger partial charge in [0.25, 0.3) is 0 Å². The molecular weight excluding hydrogens is 726 g/mol. The van der Waals surface area contributed by atoms with E-state index in [1.54, 1.807) is 24.3 Å². The SMILES string of the molecule is CCCCCCCCc1ccc(OC(=O)c2ccc(OC(F)(F)F)cc2)cc1.CCCCCCCc1ccc(OC(=O)c2ccc(OC(F)(F)F)cc2)cc1. The van der Waals surface area contributed by atoms with E-state index in [-0.39, 0.29) is 22.6 Å². The fraction of sp³-hybridized carbons (Fsp3) is 0.395. The average molecular weight is 775 g/mol. The summed E-state index contributed by atoms with van der Waals surface area (Å²) in [6, 6.07) is 23.8. The van der Waals surface area contributed by atoms with Crippen LogP contribution in [0.2, 0.25) is 0 Å². The number of esters is 2. The fourth-order valence-corrected chi connectivity index (χ4v) is 5.41. The molecule has 0 saturated heterocycles. The Bertz CT molecular complexity index is 1690. The monoisotopic (exact) mass is 774 g/mol. The summed E-state index contributed by atoms with van der Waals surface area (Å²) in [6.45, 7) is 4.39. The van der Waals surface area contributed by atoms with Crippen LogP contribution in [0.5, 0.6) is 23.0 Å². The molecule has 0 N–H and O–H groups in total. The molecule has 0 heterocycles. The summed E-state index contributed by atoms with van der Waals surface area (Å²) in [5.74, 6) is -1.26. The van der Waals surface area contributed by atoms with Crippen molar-refractivity contribution in [3.05, 3.63) is 119 Å². The lowest BCUT2D eigenvalue weighted by molar-refractivity contribution is -0.275. The molecule has 0 aliphatic rings. The topological polar surface area (TPSA) is 71.1 Å². The van der Waals surface area contributed by atoms with Crippen LogP contribution in [-0.2, 0) is 12.8 Å². The van der Waals surface area contributed by atoms with Gasteiger partial charge in [-0.25, -0.2) is 9.59 Å². The highest BCUT2D eigenvalue weighted by molar-refractivity contribution is 5.91. The molecule has 4 aromatic carbocycles. The van der Waals surface area contributed by atoms with Crippen molar-refractivity contribution in [2.75, 3.05) is 0 Å². The van der Waals surface area contributed by atoms with Crippen LogP contribution in [0.3, 0.4) is 0 Å². The summed E-state index contributed by atoms with van der Waals surface area (Å²) in [6.07, 6.45) is 5.94. The predicted octanol–water partition coefficient (Wildman–Crippen LogP) is 13.0. The zero-order valence-corrected chi connectivity index (χ0v) is 31.1. The maximum absolute atomic E-state index is 12.2. The van der Waals surface area contributed by atoms with Crippen molar-refractivity contribution in [2.45, 2.75) is 110 Å². The van der Waals surface area contributed by atoms with Crippen LogP contribution in [0.1, 0.15) is 116 Å². The molecule has 4 aromatic rings. The lowest BCUT2D eigenvalue weighted by Gasteiger charge is -2.09. The number of carbonyl (C=O) groups excluding carboxylic acids is 2. The van der Waals surface area contributed by atoms with E-state index >= 15 is 0 Å². The van der Waals surface area contributed by atoms with E-state index < -0.39 is 24.7 Å². The standard InChI is InChI=1S/C22H25F3O3.C21H23F3O3/c1-2-3-4-5-6-7-8-17-9-13-19(14-10-17)27-21(26)18-11-15-20(16-12-18)28-22(23,24)25;1-2-3-4-5-6-7-16-8-12-18(13-9-16)26-20(25)17-10-14-19(15-11-17)27-21(22,23)24/h9-16H,2-8H2,1H3;8-15H,2-7H2,1H3. The minimum Gasteiger partial charge on any atom is -0.423 e. The molecule has 0 fully saturated rings. The summed E-state index contributed by atoms with van der Waals surface area (Å²) >= 11 is 0. The van der Waals surface area contributed by atoms with E-state index in [1.807, 2.05) is 24.3 Å². The number of aryl methyl sites for hydroxylation is 2. The van der Waals surface area contributed by atoms with Crippen LogP contribution in [0.4, 0.5) is 26.3 Å². The minimum atomic E-state index is -4.76. The van der Waals surface area contributed by atoms with Gasteiger partial charge < -0.3 is 18.9 Å². The number of alkyl halides is 6. The highest BCUT2D eigenvalue weighted by Crippen LogP contribution is 2.25. The Labute approximate surface area is 318 Å². The first-order chi connectivity index (χ1) is 26.2. The Balaban J connectivity index is 0.000000296. The first kappa shape index (κ1) is 44.4. The predicted molar refractivity (Wildman–Crippen MR) is 199 cm³/mol. The largest absolute Gasteiger partial charge is 0.573 e. The van der Waals surface area contributed by atoms with E-state index in [9.17, 15) is 35.9 Å². The first-order valence-corrected chi connectivity index (χ1v) is 18.6. The summed E-state index contributed by atoms with van der Waals surface area (Å²) in [4.78, 5) is 24.2. The van der Waals surface area contributed by atoms with Gasteiger partial charge in [0, 0.05) is 0 Å². The van der Waals surface area contributed by atoms with Crippen LogP contribution in [0.25, 0.3) is 0 Å². The van der Waals surface area contributed by atoms with E-state index in [1.165, 1.54) is 93.2 Å². The van der Waals surface area contributed by atoms with Gasteiger partial charge in [-0.1, -0.05) is 95.9 Å². The lowest BCUT2D eigenvalue weighted by Crippen LogP contribution is -2.17. The second kappa shape index (κ2) is 23.0. The van der Waals surface area contributed by atoms with E-state index in [4.69, 9.17) is 9.47 Å². The Morgan fingerprint density at radius 3 is 1.02 bits per heavy atom. The maximum atomic E-state index is 12.2. The number of hydrogen-bond acceptors (Lipinski definition) is 6. The summed E-state index contributed by atoms with van der Waals surface area (Å²) in [7, 11) is 0. The molecule has 0 unspecified atom stereocenters. The highest BCUT2D eigenvalue weighted by Gasteiger charge is 2.32. The molecule has 55 heavy (non-hydrogen) atoms. The summed E-state index contributed by atoms with van der Waals surface area (Å²) in [5.41, 5.74) is 2.65. The molecule has 0 bridgehead atoms. The first-order valence-electron chi connectivity index (χ1n) is 18.6. The number of carbonyl (C=O) groups is 2. The van der Waals surface area contributed by atoms with Gasteiger partial charge in [0.2, 0.25) is 0 Å². The van der Waals surface area contributed by atoms with Crippen LogP contribution >= 0.6 is 0 Å². The molecule has 0 atom stereocenters. The van der Waals surface area contributed by atoms with Gasteiger partial charge in [-0.2, -0.15) is 0 Å². The van der Waals surface area contributed by atoms with Gasteiger partial charge >= 0.3 is 24.7 Å². The van der Waals surface area contributed by atoms with Crippen LogP contribution in [0, 0.1) is 0 Å². The second-order valence-corrected chi connectivity index (χ2v) is 12.9. The molecule has 0 spiro atoms. The molecule has 6 nitrogen and oxygen atoms in total. The zero-order valence-electron chi connectivity index (χ0n) is 31.1. The molecule has 0 aromatic heterocycles. The second-order valence-electron chi connectivity index (χ2n) is 12.9. The van der Waals surface area contributed by atoms with Crippen LogP contribution in [0.15, 0.2) is 97.1 Å². The summed E-state index contributed by atoms with van der Waals surface area (Å²) < 4.78 is 90.9. The van der Waals surface area contributed by atoms with Crippen molar-refractivity contribution in [2.24, 2.45) is 0 Å². The molecule has 0 radical (unpaired) electrons. The van der Waals surface area contributed by atoms with Crippen molar-refractivity contribution in [1.29, 1.82) is 0 Å². The van der Waals surface area contributed by atoms with Crippen molar-refractivity contribution >= 4 is 11.9 Å². The molecule has 4 rings (SSSR count).